The molecule has 106 valence electrons. The second-order valence-corrected chi connectivity index (χ2v) is 5.25. The Morgan fingerprint density at radius 1 is 1.32 bits per heavy atom. The first-order chi connectivity index (χ1) is 8.83. The van der Waals surface area contributed by atoms with Gasteiger partial charge in [-0.25, -0.2) is 9.18 Å². The highest BCUT2D eigenvalue weighted by Gasteiger charge is 2.22. The first-order valence-corrected chi connectivity index (χ1v) is 6.29. The highest BCUT2D eigenvalue weighted by atomic mass is 19.1. The van der Waals surface area contributed by atoms with Crippen molar-refractivity contribution in [2.45, 2.75) is 32.8 Å². The molecule has 0 aliphatic rings. The lowest BCUT2D eigenvalue weighted by Gasteiger charge is -2.27. The normalized spacial score (nSPS) is 11.2. The van der Waals surface area contributed by atoms with Gasteiger partial charge in [-0.2, -0.15) is 0 Å². The molecule has 1 aromatic rings. The smallest absolute Gasteiger partial charge is 0.414 e. The Balaban J connectivity index is 2.87. The third kappa shape index (κ3) is 5.26. The van der Waals surface area contributed by atoms with Crippen LogP contribution in [0.15, 0.2) is 24.3 Å². The molecular formula is C14H21FN2O2. The van der Waals surface area contributed by atoms with E-state index in [0.29, 0.717) is 25.2 Å². The summed E-state index contributed by atoms with van der Waals surface area (Å²) in [5.41, 5.74) is 5.50. The van der Waals surface area contributed by atoms with Crippen LogP contribution in [0.3, 0.4) is 0 Å². The molecule has 0 saturated heterocycles. The zero-order valence-corrected chi connectivity index (χ0v) is 11.6. The number of halogens is 1. The quantitative estimate of drug-likeness (QED) is 0.913. The van der Waals surface area contributed by atoms with Gasteiger partial charge in [0.1, 0.15) is 11.4 Å². The molecule has 4 nitrogen and oxygen atoms in total. The van der Waals surface area contributed by atoms with Crippen LogP contribution in [-0.4, -0.2) is 24.8 Å². The molecule has 1 aromatic carbocycles. The Bertz CT molecular complexity index is 412. The molecule has 19 heavy (non-hydrogen) atoms. The third-order valence-electron chi connectivity index (χ3n) is 2.34. The Labute approximate surface area is 113 Å². The standard InChI is InChI=1S/C14H21FN2O2/c1-14(2,3)19-13(18)17(10-4-9-16)12-7-5-11(15)6-8-12/h5-8H,4,9-10,16H2,1-3H3. The molecule has 0 radical (unpaired) electrons. The Morgan fingerprint density at radius 3 is 2.37 bits per heavy atom. The van der Waals surface area contributed by atoms with Crippen LogP contribution >= 0.6 is 0 Å². The molecule has 0 atom stereocenters. The highest BCUT2D eigenvalue weighted by molar-refractivity contribution is 5.87. The van der Waals surface area contributed by atoms with E-state index < -0.39 is 11.7 Å². The van der Waals surface area contributed by atoms with E-state index in [1.807, 2.05) is 0 Å². The highest BCUT2D eigenvalue weighted by Crippen LogP contribution is 2.19. The van der Waals surface area contributed by atoms with Crippen LogP contribution in [0.2, 0.25) is 0 Å². The van der Waals surface area contributed by atoms with E-state index in [9.17, 15) is 9.18 Å². The maximum Gasteiger partial charge on any atom is 0.414 e. The molecule has 2 N–H and O–H groups in total. The Hall–Kier alpha value is -1.62. The second-order valence-electron chi connectivity index (χ2n) is 5.25. The van der Waals surface area contributed by atoms with Crippen LogP contribution in [0.4, 0.5) is 14.9 Å². The fraction of sp³-hybridized carbons (Fsp3) is 0.500. The summed E-state index contributed by atoms with van der Waals surface area (Å²) in [5.74, 6) is -0.341. The minimum absolute atomic E-state index is 0.341. The molecule has 0 heterocycles. The molecule has 5 heteroatoms. The molecule has 0 spiro atoms. The van der Waals surface area contributed by atoms with Crippen molar-refractivity contribution < 1.29 is 13.9 Å². The SMILES string of the molecule is CC(C)(C)OC(=O)N(CCCN)c1ccc(F)cc1. The average molecular weight is 268 g/mol. The fourth-order valence-electron chi connectivity index (χ4n) is 1.51. The van der Waals surface area contributed by atoms with E-state index in [-0.39, 0.29) is 5.82 Å². The number of ether oxygens (including phenoxy) is 1. The van der Waals surface area contributed by atoms with Crippen LogP contribution in [-0.2, 0) is 4.74 Å². The average Bonchev–Trinajstić information content (AvgIpc) is 2.29. The number of hydrogen-bond acceptors (Lipinski definition) is 3. The van der Waals surface area contributed by atoms with E-state index in [1.54, 1.807) is 32.9 Å². The van der Waals surface area contributed by atoms with Crippen molar-refractivity contribution in [2.75, 3.05) is 18.0 Å². The zero-order chi connectivity index (χ0) is 14.5. The summed E-state index contributed by atoms with van der Waals surface area (Å²) in [4.78, 5) is 13.6. The molecular weight excluding hydrogens is 247 g/mol. The molecule has 0 aliphatic heterocycles. The van der Waals surface area contributed by atoms with Gasteiger partial charge < -0.3 is 10.5 Å². The summed E-state index contributed by atoms with van der Waals surface area (Å²) in [6, 6.07) is 5.73. The van der Waals surface area contributed by atoms with Gasteiger partial charge in [0.05, 0.1) is 0 Å². The number of amides is 1. The Morgan fingerprint density at radius 2 is 1.89 bits per heavy atom. The van der Waals surface area contributed by atoms with Gasteiger partial charge >= 0.3 is 6.09 Å². The number of rotatable bonds is 4. The number of carbonyl (C=O) groups is 1. The molecule has 1 amide bonds. The van der Waals surface area contributed by atoms with E-state index in [2.05, 4.69) is 0 Å². The topological polar surface area (TPSA) is 55.6 Å². The van der Waals surface area contributed by atoms with Crippen molar-refractivity contribution in [3.05, 3.63) is 30.1 Å². The lowest BCUT2D eigenvalue weighted by atomic mass is 10.2. The summed E-state index contributed by atoms with van der Waals surface area (Å²) in [6.45, 7) is 6.32. The second kappa shape index (κ2) is 6.52. The van der Waals surface area contributed by atoms with Crippen molar-refractivity contribution >= 4 is 11.8 Å². The molecule has 1 rings (SSSR count). The van der Waals surface area contributed by atoms with Gasteiger partial charge in [0, 0.05) is 12.2 Å². The summed E-state index contributed by atoms with van der Waals surface area (Å²) in [7, 11) is 0. The molecule has 0 aromatic heterocycles. The summed E-state index contributed by atoms with van der Waals surface area (Å²) < 4.78 is 18.3. The van der Waals surface area contributed by atoms with Crippen LogP contribution in [0.25, 0.3) is 0 Å². The zero-order valence-electron chi connectivity index (χ0n) is 11.6. The van der Waals surface area contributed by atoms with Gasteiger partial charge in [-0.15, -0.1) is 0 Å². The van der Waals surface area contributed by atoms with Gasteiger partial charge in [0.15, 0.2) is 0 Å². The first-order valence-electron chi connectivity index (χ1n) is 6.29. The van der Waals surface area contributed by atoms with Crippen molar-refractivity contribution in [1.82, 2.24) is 0 Å². The predicted octanol–water partition coefficient (Wildman–Crippen LogP) is 2.92. The maximum atomic E-state index is 12.9. The lowest BCUT2D eigenvalue weighted by Crippen LogP contribution is -2.38. The monoisotopic (exact) mass is 268 g/mol. The molecule has 0 unspecified atom stereocenters. The van der Waals surface area contributed by atoms with Crippen molar-refractivity contribution in [3.63, 3.8) is 0 Å². The minimum atomic E-state index is -0.571. The fourth-order valence-corrected chi connectivity index (χ4v) is 1.51. The Kier molecular flexibility index (Phi) is 5.30. The first kappa shape index (κ1) is 15.4. The van der Waals surface area contributed by atoms with Gasteiger partial charge in [-0.1, -0.05) is 0 Å². The minimum Gasteiger partial charge on any atom is -0.443 e. The number of anilines is 1. The number of carbonyl (C=O) groups excluding carboxylic acids is 1. The van der Waals surface area contributed by atoms with Crippen LogP contribution in [0, 0.1) is 5.82 Å². The van der Waals surface area contributed by atoms with Gasteiger partial charge in [0.25, 0.3) is 0 Å². The van der Waals surface area contributed by atoms with E-state index in [4.69, 9.17) is 10.5 Å². The third-order valence-corrected chi connectivity index (χ3v) is 2.34. The number of benzene rings is 1. The van der Waals surface area contributed by atoms with Crippen molar-refractivity contribution in [2.24, 2.45) is 5.73 Å². The molecule has 0 saturated carbocycles. The van der Waals surface area contributed by atoms with Gasteiger partial charge in [0.2, 0.25) is 0 Å². The van der Waals surface area contributed by atoms with Crippen molar-refractivity contribution in [3.8, 4) is 0 Å². The number of nitrogens with zero attached hydrogens (tertiary/aromatic N) is 1. The van der Waals surface area contributed by atoms with E-state index >= 15 is 0 Å². The lowest BCUT2D eigenvalue weighted by molar-refractivity contribution is 0.0580. The predicted molar refractivity (Wildman–Crippen MR) is 73.7 cm³/mol. The summed E-state index contributed by atoms with van der Waals surface area (Å²) in [5, 5.41) is 0. The van der Waals surface area contributed by atoms with Gasteiger partial charge in [-0.05, 0) is 58.0 Å². The van der Waals surface area contributed by atoms with Crippen LogP contribution in [0.5, 0.6) is 0 Å². The van der Waals surface area contributed by atoms with Crippen molar-refractivity contribution in [1.29, 1.82) is 0 Å². The number of nitrogens with two attached hydrogens (primary N) is 1. The largest absolute Gasteiger partial charge is 0.443 e. The van der Waals surface area contributed by atoms with E-state index in [0.717, 1.165) is 0 Å². The van der Waals surface area contributed by atoms with Crippen LogP contribution in [0.1, 0.15) is 27.2 Å². The maximum absolute atomic E-state index is 12.9. The van der Waals surface area contributed by atoms with E-state index in [1.165, 1.54) is 17.0 Å². The summed E-state index contributed by atoms with van der Waals surface area (Å²) >= 11 is 0. The molecule has 0 fully saturated rings. The molecule has 0 aliphatic carbocycles. The van der Waals surface area contributed by atoms with Gasteiger partial charge in [-0.3, -0.25) is 4.90 Å². The molecule has 0 bridgehead atoms. The van der Waals surface area contributed by atoms with Crippen LogP contribution < -0.4 is 10.6 Å². The number of hydrogen-bond donors (Lipinski definition) is 1. The summed E-state index contributed by atoms with van der Waals surface area (Å²) in [6.07, 6.45) is 0.198.